The van der Waals surface area contributed by atoms with Crippen LogP contribution >= 0.6 is 0 Å². The minimum Gasteiger partial charge on any atom is -0.497 e. The van der Waals surface area contributed by atoms with E-state index in [0.29, 0.717) is 19.8 Å². The van der Waals surface area contributed by atoms with Crippen molar-refractivity contribution in [1.29, 1.82) is 0 Å². The molecule has 3 rings (SSSR count). The van der Waals surface area contributed by atoms with Crippen LogP contribution in [0.25, 0.3) is 0 Å². The molecule has 50 heavy (non-hydrogen) atoms. The van der Waals surface area contributed by atoms with E-state index >= 15 is 0 Å². The zero-order chi connectivity index (χ0) is 36.7. The fourth-order valence-electron chi connectivity index (χ4n) is 6.78. The average molecular weight is 713 g/mol. The summed E-state index contributed by atoms with van der Waals surface area (Å²) in [6.07, 6.45) is 10.5. The summed E-state index contributed by atoms with van der Waals surface area (Å²) in [6, 6.07) is 33.1. The molecule has 6 heteroatoms. The molecule has 0 heterocycles. The van der Waals surface area contributed by atoms with Gasteiger partial charge in [0.05, 0.1) is 33.0 Å². The second kappa shape index (κ2) is 19.6. The summed E-state index contributed by atoms with van der Waals surface area (Å²) in [5.41, 5.74) is 2.28. The van der Waals surface area contributed by atoms with E-state index in [-0.39, 0.29) is 16.6 Å². The van der Waals surface area contributed by atoms with Gasteiger partial charge in [0.15, 0.2) is 8.32 Å². The highest BCUT2D eigenvalue weighted by Gasteiger charge is 2.50. The molecule has 0 aliphatic carbocycles. The zero-order valence-electron chi connectivity index (χ0n) is 32.5. The quantitative estimate of drug-likeness (QED) is 0.0814. The summed E-state index contributed by atoms with van der Waals surface area (Å²) in [7, 11) is -2.85. The first-order valence-electron chi connectivity index (χ1n) is 18.5. The van der Waals surface area contributed by atoms with Gasteiger partial charge in [-0.05, 0) is 64.1 Å². The molecule has 0 N–H and O–H groups in total. The third-order valence-electron chi connectivity index (χ3n) is 9.96. The molecular formula is C44H64O4Si2. The van der Waals surface area contributed by atoms with Gasteiger partial charge in [-0.25, -0.2) is 0 Å². The van der Waals surface area contributed by atoms with Crippen LogP contribution in [0.1, 0.15) is 73.8 Å². The maximum absolute atomic E-state index is 7.25. The van der Waals surface area contributed by atoms with E-state index in [1.807, 2.05) is 18.2 Å². The van der Waals surface area contributed by atoms with Crippen molar-refractivity contribution in [2.24, 2.45) is 5.41 Å². The molecule has 272 valence electrons. The van der Waals surface area contributed by atoms with Crippen LogP contribution in [0, 0.1) is 5.41 Å². The van der Waals surface area contributed by atoms with Gasteiger partial charge in [0.1, 0.15) is 5.75 Å². The lowest BCUT2D eigenvalue weighted by molar-refractivity contribution is 0.0711. The number of rotatable bonds is 21. The smallest absolute Gasteiger partial charge is 0.261 e. The Morgan fingerprint density at radius 3 is 1.84 bits per heavy atom. The van der Waals surface area contributed by atoms with E-state index in [1.54, 1.807) is 7.11 Å². The van der Waals surface area contributed by atoms with Gasteiger partial charge in [0, 0.05) is 5.41 Å². The molecule has 0 amide bonds. The highest BCUT2D eigenvalue weighted by molar-refractivity contribution is 6.99. The number of ether oxygens (including phenoxy) is 2. The fourth-order valence-corrected chi connectivity index (χ4v) is 14.1. The van der Waals surface area contributed by atoms with Crippen molar-refractivity contribution in [3.05, 3.63) is 127 Å². The van der Waals surface area contributed by atoms with E-state index in [4.69, 9.17) is 18.3 Å². The molecular weight excluding hydrogens is 649 g/mol. The second-order valence-electron chi connectivity index (χ2n) is 15.1. The van der Waals surface area contributed by atoms with E-state index in [0.717, 1.165) is 42.3 Å². The Morgan fingerprint density at radius 2 is 1.36 bits per heavy atom. The lowest BCUT2D eigenvalue weighted by atomic mass is 9.92. The van der Waals surface area contributed by atoms with Crippen LogP contribution in [0.3, 0.4) is 0 Å². The molecule has 0 aromatic heterocycles. The maximum Gasteiger partial charge on any atom is 0.261 e. The van der Waals surface area contributed by atoms with Crippen molar-refractivity contribution in [2.75, 3.05) is 20.3 Å². The van der Waals surface area contributed by atoms with Crippen molar-refractivity contribution in [3.63, 3.8) is 0 Å². The Morgan fingerprint density at radius 1 is 0.800 bits per heavy atom. The molecule has 3 aromatic carbocycles. The van der Waals surface area contributed by atoms with Crippen molar-refractivity contribution in [2.45, 2.75) is 104 Å². The number of hydrogen-bond acceptors (Lipinski definition) is 4. The lowest BCUT2D eigenvalue weighted by Gasteiger charge is -2.42. The van der Waals surface area contributed by atoms with Crippen molar-refractivity contribution in [3.8, 4) is 5.75 Å². The number of benzene rings is 3. The summed E-state index contributed by atoms with van der Waals surface area (Å²) in [5, 5.41) is 2.51. The molecule has 0 spiro atoms. The van der Waals surface area contributed by atoms with Gasteiger partial charge in [0.25, 0.3) is 8.32 Å². The first kappa shape index (κ1) is 41.4. The highest BCUT2D eigenvalue weighted by Crippen LogP contribution is 2.37. The molecule has 0 saturated heterocycles. The highest BCUT2D eigenvalue weighted by atomic mass is 28.4. The molecule has 0 aliphatic rings. The van der Waals surface area contributed by atoms with Crippen LogP contribution in [0.2, 0.25) is 23.2 Å². The average Bonchev–Trinajstić information content (AvgIpc) is 3.12. The summed E-state index contributed by atoms with van der Waals surface area (Å²) < 4.78 is 25.9. The Bertz CT molecular complexity index is 1420. The van der Waals surface area contributed by atoms with Crippen molar-refractivity contribution >= 4 is 27.0 Å². The molecule has 4 nitrogen and oxygen atoms in total. The van der Waals surface area contributed by atoms with Gasteiger partial charge in [0.2, 0.25) is 0 Å². The second-order valence-corrected chi connectivity index (χ2v) is 24.2. The predicted molar refractivity (Wildman–Crippen MR) is 219 cm³/mol. The first-order chi connectivity index (χ1) is 23.9. The van der Waals surface area contributed by atoms with Gasteiger partial charge in [-0.15, -0.1) is 6.58 Å². The van der Waals surface area contributed by atoms with Gasteiger partial charge >= 0.3 is 0 Å². The van der Waals surface area contributed by atoms with Crippen LogP contribution in [-0.4, -0.2) is 43.1 Å². The largest absolute Gasteiger partial charge is 0.497 e. The van der Waals surface area contributed by atoms with E-state index in [2.05, 4.69) is 153 Å². The van der Waals surface area contributed by atoms with Crippen LogP contribution in [0.15, 0.2) is 121 Å². The van der Waals surface area contributed by atoms with E-state index in [9.17, 15) is 0 Å². The third kappa shape index (κ3) is 11.5. The fraction of sp³-hybridized carbons (Fsp3) is 0.455. The standard InChI is InChI=1S/C44H64O4Si2/c1-11-21-37(31-33-47-50(43(5,6)7,41-22-17-15-18-23-41)42-24-19-16-20-25-42)34-40(48-49(12-2,13-3)14-4)30-32-44(8,9)36-46-35-38-26-28-39(45-10)29-27-38/h11,15-20,22-32,40H,1,12-14,21,33-36H2,2-10H3/b32-30+,37-31-. The molecule has 1 atom stereocenters. The van der Waals surface area contributed by atoms with Crippen LogP contribution in [0.4, 0.5) is 0 Å². The van der Waals surface area contributed by atoms with E-state index < -0.39 is 16.6 Å². The van der Waals surface area contributed by atoms with Gasteiger partial charge < -0.3 is 18.3 Å². The molecule has 0 aliphatic heterocycles. The topological polar surface area (TPSA) is 36.9 Å². The summed E-state index contributed by atoms with van der Waals surface area (Å²) >= 11 is 0. The Balaban J connectivity index is 1.88. The van der Waals surface area contributed by atoms with Crippen molar-refractivity contribution < 1.29 is 18.3 Å². The number of hydrogen-bond donors (Lipinski definition) is 0. The SMILES string of the molecule is C=CC/C(=C/CO[Si](c1ccccc1)(c1ccccc1)C(C)(C)C)CC(/C=C/C(C)(C)COCc1ccc(OC)cc1)O[Si](CC)(CC)CC. The predicted octanol–water partition coefficient (Wildman–Crippen LogP) is 10.7. The Kier molecular flexibility index (Phi) is 16.2. The summed E-state index contributed by atoms with van der Waals surface area (Å²) in [4.78, 5) is 0. The normalized spacial score (nSPS) is 13.8. The maximum atomic E-state index is 7.25. The molecule has 0 radical (unpaired) electrons. The van der Waals surface area contributed by atoms with Crippen LogP contribution in [0.5, 0.6) is 5.75 Å². The minimum atomic E-state index is -2.65. The monoisotopic (exact) mass is 712 g/mol. The Labute approximate surface area is 306 Å². The van der Waals surface area contributed by atoms with Crippen molar-refractivity contribution in [1.82, 2.24) is 0 Å². The van der Waals surface area contributed by atoms with Crippen LogP contribution < -0.4 is 15.1 Å². The van der Waals surface area contributed by atoms with Crippen LogP contribution in [-0.2, 0) is 20.2 Å². The van der Waals surface area contributed by atoms with Gasteiger partial charge in [-0.2, -0.15) is 0 Å². The first-order valence-corrected chi connectivity index (χ1v) is 22.9. The zero-order valence-corrected chi connectivity index (χ0v) is 34.5. The number of allylic oxidation sites excluding steroid dienone is 1. The molecule has 0 bridgehead atoms. The molecule has 1 unspecified atom stereocenters. The molecule has 3 aromatic rings. The third-order valence-corrected chi connectivity index (χ3v) is 19.6. The molecule has 0 fully saturated rings. The minimum absolute atomic E-state index is 0.0264. The number of methoxy groups -OCH3 is 1. The molecule has 0 saturated carbocycles. The van der Waals surface area contributed by atoms with Gasteiger partial charge in [-0.1, -0.05) is 158 Å². The van der Waals surface area contributed by atoms with Gasteiger partial charge in [-0.3, -0.25) is 0 Å². The van der Waals surface area contributed by atoms with E-state index in [1.165, 1.54) is 15.9 Å². The summed E-state index contributed by atoms with van der Waals surface area (Å²) in [6.45, 7) is 24.2. The lowest BCUT2D eigenvalue weighted by Crippen LogP contribution is -2.66. The Hall–Kier alpha value is -3.01. The summed E-state index contributed by atoms with van der Waals surface area (Å²) in [5.74, 6) is 0.855.